The molecule has 22 heavy (non-hydrogen) atoms. The van der Waals surface area contributed by atoms with E-state index in [9.17, 15) is 0 Å². The van der Waals surface area contributed by atoms with Gasteiger partial charge in [0.1, 0.15) is 0 Å². The molecule has 1 aromatic carbocycles. The van der Waals surface area contributed by atoms with E-state index in [0.29, 0.717) is 0 Å². The summed E-state index contributed by atoms with van der Waals surface area (Å²) in [6, 6.07) is 8.33. The van der Waals surface area contributed by atoms with Gasteiger partial charge in [0.05, 0.1) is 12.7 Å². The van der Waals surface area contributed by atoms with Gasteiger partial charge in [0, 0.05) is 29.2 Å². The van der Waals surface area contributed by atoms with Gasteiger partial charge in [-0.25, -0.2) is 4.98 Å². The van der Waals surface area contributed by atoms with Crippen LogP contribution < -0.4 is 5.73 Å². The van der Waals surface area contributed by atoms with Crippen LogP contribution in [0.4, 0.5) is 0 Å². The molecule has 2 aromatic rings. The van der Waals surface area contributed by atoms with Gasteiger partial charge in [-0.15, -0.1) is 0 Å². The Hall–Kier alpha value is -1.17. The molecule has 1 unspecified atom stereocenters. The number of benzene rings is 1. The molecule has 1 fully saturated rings. The fourth-order valence-corrected chi connectivity index (χ4v) is 3.21. The molecule has 0 bridgehead atoms. The van der Waals surface area contributed by atoms with E-state index in [1.165, 1.54) is 0 Å². The van der Waals surface area contributed by atoms with Crippen LogP contribution in [-0.4, -0.2) is 29.0 Å². The lowest BCUT2D eigenvalue weighted by molar-refractivity contribution is 0.0832. The van der Waals surface area contributed by atoms with Crippen molar-refractivity contribution in [3.8, 4) is 11.3 Å². The van der Waals surface area contributed by atoms with E-state index in [1.54, 1.807) is 6.20 Å². The van der Waals surface area contributed by atoms with Crippen LogP contribution in [0.5, 0.6) is 0 Å². The number of halogens is 1. The second-order valence-electron chi connectivity index (χ2n) is 6.72. The molecule has 5 heteroatoms. The highest BCUT2D eigenvalue weighted by Gasteiger charge is 2.33. The Labute approximate surface area is 139 Å². The zero-order valence-corrected chi connectivity index (χ0v) is 14.6. The zero-order chi connectivity index (χ0) is 15.7. The molecule has 1 atom stereocenters. The van der Waals surface area contributed by atoms with E-state index in [-0.39, 0.29) is 11.5 Å². The first-order valence-corrected chi connectivity index (χ1v) is 8.42. The molecule has 1 saturated heterocycles. The minimum Gasteiger partial charge on any atom is -0.439 e. The van der Waals surface area contributed by atoms with Gasteiger partial charge >= 0.3 is 0 Å². The first-order chi connectivity index (χ1) is 10.4. The topological polar surface area (TPSA) is 55.3 Å². The van der Waals surface area contributed by atoms with Crippen LogP contribution in [0.3, 0.4) is 0 Å². The highest BCUT2D eigenvalue weighted by atomic mass is 79.9. The minimum atomic E-state index is 0.138. The maximum absolute atomic E-state index is 6.19. The summed E-state index contributed by atoms with van der Waals surface area (Å²) in [5.74, 6) is 1.58. The number of hydrogen-bond acceptors (Lipinski definition) is 4. The van der Waals surface area contributed by atoms with Crippen LogP contribution in [0.2, 0.25) is 0 Å². The second kappa shape index (κ2) is 6.14. The average Bonchev–Trinajstić information content (AvgIpc) is 2.92. The highest BCUT2D eigenvalue weighted by Crippen LogP contribution is 2.29. The van der Waals surface area contributed by atoms with Gasteiger partial charge in [-0.05, 0) is 24.0 Å². The summed E-state index contributed by atoms with van der Waals surface area (Å²) in [7, 11) is 0. The molecule has 0 spiro atoms. The number of nitrogens with two attached hydrogens (primary N) is 1. The molecule has 1 aliphatic rings. The Bertz CT molecular complexity index is 636. The molecule has 118 valence electrons. The second-order valence-corrected chi connectivity index (χ2v) is 7.64. The molecular weight excluding hydrogens is 342 g/mol. The third-order valence-electron chi connectivity index (χ3n) is 4.43. The number of hydrogen-bond donors (Lipinski definition) is 1. The van der Waals surface area contributed by atoms with Crippen molar-refractivity contribution in [3.05, 3.63) is 40.8 Å². The largest absolute Gasteiger partial charge is 0.439 e. The number of likely N-dealkylation sites (tertiary alicyclic amines) is 1. The van der Waals surface area contributed by atoms with Crippen LogP contribution in [-0.2, 0) is 6.54 Å². The van der Waals surface area contributed by atoms with Crippen molar-refractivity contribution in [2.24, 2.45) is 11.1 Å². The monoisotopic (exact) mass is 363 g/mol. The fraction of sp³-hybridized carbons (Fsp3) is 0.471. The van der Waals surface area contributed by atoms with Gasteiger partial charge in [0.2, 0.25) is 5.89 Å². The molecule has 2 N–H and O–H groups in total. The summed E-state index contributed by atoms with van der Waals surface area (Å²) in [6.07, 6.45) is 2.83. The third kappa shape index (κ3) is 3.42. The summed E-state index contributed by atoms with van der Waals surface area (Å²) in [5.41, 5.74) is 7.37. The van der Waals surface area contributed by atoms with E-state index >= 15 is 0 Å². The van der Waals surface area contributed by atoms with Crippen molar-refractivity contribution in [1.82, 2.24) is 9.88 Å². The third-order valence-corrected chi connectivity index (χ3v) is 4.96. The predicted octanol–water partition coefficient (Wildman–Crippen LogP) is 3.66. The van der Waals surface area contributed by atoms with E-state index in [1.807, 2.05) is 24.3 Å². The van der Waals surface area contributed by atoms with Crippen molar-refractivity contribution < 1.29 is 4.42 Å². The summed E-state index contributed by atoms with van der Waals surface area (Å²) in [6.45, 7) is 7.18. The summed E-state index contributed by atoms with van der Waals surface area (Å²) in [4.78, 5) is 6.80. The molecule has 3 rings (SSSR count). The lowest BCUT2D eigenvalue weighted by atomic mass is 9.80. The van der Waals surface area contributed by atoms with Crippen LogP contribution in [0, 0.1) is 5.41 Å². The Kier molecular flexibility index (Phi) is 4.39. The molecule has 0 saturated carbocycles. The minimum absolute atomic E-state index is 0.138. The van der Waals surface area contributed by atoms with Gasteiger partial charge in [0.15, 0.2) is 5.76 Å². The van der Waals surface area contributed by atoms with Crippen molar-refractivity contribution in [1.29, 1.82) is 0 Å². The maximum atomic E-state index is 6.19. The van der Waals surface area contributed by atoms with Crippen LogP contribution >= 0.6 is 15.9 Å². The lowest BCUT2D eigenvalue weighted by Gasteiger charge is -2.42. The van der Waals surface area contributed by atoms with Crippen LogP contribution in [0.25, 0.3) is 11.3 Å². The van der Waals surface area contributed by atoms with Crippen molar-refractivity contribution in [2.45, 2.75) is 32.9 Å². The number of piperidine rings is 1. The molecule has 1 aliphatic heterocycles. The van der Waals surface area contributed by atoms with Crippen LogP contribution in [0.1, 0.15) is 26.2 Å². The standard InChI is InChI=1S/C17H22BrN3O/c1-17(2)11-21(8-7-15(17)19)10-16-20-9-14(22-16)12-3-5-13(18)6-4-12/h3-6,9,15H,7-8,10-11,19H2,1-2H3. The van der Waals surface area contributed by atoms with Gasteiger partial charge in [0.25, 0.3) is 0 Å². The highest BCUT2D eigenvalue weighted by molar-refractivity contribution is 9.10. The Morgan fingerprint density at radius 1 is 1.36 bits per heavy atom. The SMILES string of the molecule is CC1(C)CN(Cc2ncc(-c3ccc(Br)cc3)o2)CCC1N. The number of rotatable bonds is 3. The summed E-state index contributed by atoms with van der Waals surface area (Å²) >= 11 is 3.44. The Morgan fingerprint density at radius 3 is 2.77 bits per heavy atom. The van der Waals surface area contributed by atoms with Gasteiger partial charge < -0.3 is 10.2 Å². The fourth-order valence-electron chi connectivity index (χ4n) is 2.94. The normalized spacial score (nSPS) is 21.9. The van der Waals surface area contributed by atoms with Crippen molar-refractivity contribution in [3.63, 3.8) is 0 Å². The molecule has 4 nitrogen and oxygen atoms in total. The van der Waals surface area contributed by atoms with E-state index < -0.39 is 0 Å². The van der Waals surface area contributed by atoms with Crippen molar-refractivity contribution >= 4 is 15.9 Å². The lowest BCUT2D eigenvalue weighted by Crippen LogP contribution is -2.52. The first kappa shape index (κ1) is 15.7. The van der Waals surface area contributed by atoms with E-state index in [4.69, 9.17) is 10.2 Å². The molecule has 0 radical (unpaired) electrons. The van der Waals surface area contributed by atoms with E-state index in [0.717, 1.165) is 47.7 Å². The molecule has 0 amide bonds. The Morgan fingerprint density at radius 2 is 2.09 bits per heavy atom. The molecule has 2 heterocycles. The molecular formula is C17H22BrN3O. The van der Waals surface area contributed by atoms with Gasteiger partial charge in [-0.3, -0.25) is 4.90 Å². The molecule has 0 aliphatic carbocycles. The summed E-state index contributed by atoms with van der Waals surface area (Å²) < 4.78 is 6.97. The zero-order valence-electron chi connectivity index (χ0n) is 13.1. The number of nitrogens with zero attached hydrogens (tertiary/aromatic N) is 2. The maximum Gasteiger partial charge on any atom is 0.209 e. The smallest absolute Gasteiger partial charge is 0.209 e. The molecule has 1 aromatic heterocycles. The van der Waals surface area contributed by atoms with Crippen LogP contribution in [0.15, 0.2) is 39.4 Å². The van der Waals surface area contributed by atoms with Crippen molar-refractivity contribution in [2.75, 3.05) is 13.1 Å². The predicted molar refractivity (Wildman–Crippen MR) is 91.3 cm³/mol. The number of oxazole rings is 1. The Balaban J connectivity index is 1.68. The van der Waals surface area contributed by atoms with E-state index in [2.05, 4.69) is 39.7 Å². The first-order valence-electron chi connectivity index (χ1n) is 7.63. The van der Waals surface area contributed by atoms with Gasteiger partial charge in [-0.1, -0.05) is 41.9 Å². The summed E-state index contributed by atoms with van der Waals surface area (Å²) in [5, 5.41) is 0. The quantitative estimate of drug-likeness (QED) is 0.903. The number of aromatic nitrogens is 1. The van der Waals surface area contributed by atoms with Gasteiger partial charge in [-0.2, -0.15) is 0 Å². The average molecular weight is 364 g/mol.